The molecule has 1 fully saturated rings. The molecule has 212 valence electrons. The van der Waals surface area contributed by atoms with Crippen molar-refractivity contribution >= 4 is 17.7 Å². The van der Waals surface area contributed by atoms with E-state index in [1.807, 2.05) is 36.4 Å². The molecule has 3 heterocycles. The van der Waals surface area contributed by atoms with Crippen LogP contribution in [0.25, 0.3) is 22.8 Å². The van der Waals surface area contributed by atoms with Gasteiger partial charge in [0.1, 0.15) is 11.9 Å². The third-order valence-corrected chi connectivity index (χ3v) is 7.37. The number of carbonyl (C=O) groups excluding carboxylic acids is 1. The number of rotatable bonds is 8. The standard InChI is InChI=1S/C32H35N5O4/c1-32(2,3)25-14-11-23(12-15-25)29(38)34-26(31(39)40)19-21-7-9-22(10-8-21)28-35-30(41-36-28)24-13-16-27(33-20-24)37-17-5-4-6-18-37/h7-16,20,26H,4-6,17-19H2,1-3H3,(H,34,38)(H,39,40). The van der Waals surface area contributed by atoms with Gasteiger partial charge in [0.05, 0.1) is 5.56 Å². The van der Waals surface area contributed by atoms with Crippen molar-refractivity contribution in [3.8, 4) is 22.8 Å². The number of anilines is 1. The fraction of sp³-hybridized carbons (Fsp3) is 0.344. The number of piperidine rings is 1. The predicted molar refractivity (Wildman–Crippen MR) is 157 cm³/mol. The van der Waals surface area contributed by atoms with Crippen LogP contribution in [0.4, 0.5) is 5.82 Å². The normalized spacial score (nSPS) is 14.5. The molecular weight excluding hydrogens is 518 g/mol. The Labute approximate surface area is 239 Å². The van der Waals surface area contributed by atoms with E-state index in [2.05, 4.69) is 46.1 Å². The van der Waals surface area contributed by atoms with Crippen LogP contribution in [-0.2, 0) is 16.6 Å². The highest BCUT2D eigenvalue weighted by Gasteiger charge is 2.22. The maximum atomic E-state index is 12.8. The zero-order valence-corrected chi connectivity index (χ0v) is 23.6. The molecule has 1 unspecified atom stereocenters. The molecule has 1 atom stereocenters. The summed E-state index contributed by atoms with van der Waals surface area (Å²) in [5, 5.41) is 16.5. The second kappa shape index (κ2) is 11.9. The molecule has 0 saturated carbocycles. The van der Waals surface area contributed by atoms with Gasteiger partial charge >= 0.3 is 5.97 Å². The summed E-state index contributed by atoms with van der Waals surface area (Å²) in [5.74, 6) is 0.237. The van der Waals surface area contributed by atoms with Crippen molar-refractivity contribution in [3.05, 3.63) is 83.6 Å². The van der Waals surface area contributed by atoms with Gasteiger partial charge in [-0.1, -0.05) is 62.3 Å². The quantitative estimate of drug-likeness (QED) is 0.293. The van der Waals surface area contributed by atoms with Gasteiger partial charge in [-0.25, -0.2) is 9.78 Å². The summed E-state index contributed by atoms with van der Waals surface area (Å²) in [4.78, 5) is 36.1. The van der Waals surface area contributed by atoms with Gasteiger partial charge in [-0.3, -0.25) is 4.79 Å². The number of aliphatic carboxylic acids is 1. The summed E-state index contributed by atoms with van der Waals surface area (Å²) < 4.78 is 5.49. The Hall–Kier alpha value is -4.53. The van der Waals surface area contributed by atoms with Crippen molar-refractivity contribution in [3.63, 3.8) is 0 Å². The minimum Gasteiger partial charge on any atom is -0.480 e. The molecule has 9 heteroatoms. The van der Waals surface area contributed by atoms with Crippen LogP contribution >= 0.6 is 0 Å². The van der Waals surface area contributed by atoms with Crippen molar-refractivity contribution in [2.24, 2.45) is 0 Å². The van der Waals surface area contributed by atoms with E-state index in [1.54, 1.807) is 30.5 Å². The second-order valence-electron chi connectivity index (χ2n) is 11.5. The molecule has 9 nitrogen and oxygen atoms in total. The molecule has 2 N–H and O–H groups in total. The monoisotopic (exact) mass is 553 g/mol. The maximum Gasteiger partial charge on any atom is 0.326 e. The molecule has 0 radical (unpaired) electrons. The van der Waals surface area contributed by atoms with E-state index in [0.29, 0.717) is 17.3 Å². The third kappa shape index (κ3) is 6.80. The Kier molecular flexibility index (Phi) is 8.14. The molecule has 1 aliphatic heterocycles. The molecule has 0 bridgehead atoms. The lowest BCUT2D eigenvalue weighted by atomic mass is 9.86. The molecule has 2 aromatic heterocycles. The van der Waals surface area contributed by atoms with Gasteiger partial charge < -0.3 is 19.8 Å². The van der Waals surface area contributed by atoms with Gasteiger partial charge in [-0.05, 0) is 60.1 Å². The zero-order valence-electron chi connectivity index (χ0n) is 23.6. The largest absolute Gasteiger partial charge is 0.480 e. The number of aromatic nitrogens is 3. The van der Waals surface area contributed by atoms with Crippen molar-refractivity contribution in [1.29, 1.82) is 0 Å². The van der Waals surface area contributed by atoms with Gasteiger partial charge in [0.15, 0.2) is 0 Å². The highest BCUT2D eigenvalue weighted by atomic mass is 16.5. The van der Waals surface area contributed by atoms with Gasteiger partial charge in [0.25, 0.3) is 11.8 Å². The number of nitrogens with one attached hydrogen (secondary N) is 1. The van der Waals surface area contributed by atoms with Crippen LogP contribution in [0, 0.1) is 0 Å². The van der Waals surface area contributed by atoms with Crippen LogP contribution in [0.2, 0.25) is 0 Å². The molecule has 0 spiro atoms. The van der Waals surface area contributed by atoms with E-state index < -0.39 is 17.9 Å². The van der Waals surface area contributed by atoms with Crippen LogP contribution in [0.1, 0.15) is 61.5 Å². The molecule has 1 amide bonds. The molecule has 0 aliphatic carbocycles. The van der Waals surface area contributed by atoms with Gasteiger partial charge in [0.2, 0.25) is 5.82 Å². The van der Waals surface area contributed by atoms with Crippen LogP contribution in [0.15, 0.2) is 71.4 Å². The predicted octanol–water partition coefficient (Wildman–Crippen LogP) is 5.51. The van der Waals surface area contributed by atoms with Crippen molar-refractivity contribution in [1.82, 2.24) is 20.4 Å². The summed E-state index contributed by atoms with van der Waals surface area (Å²) in [6.45, 7) is 8.34. The number of hydrogen-bond acceptors (Lipinski definition) is 7. The summed E-state index contributed by atoms with van der Waals surface area (Å²) in [7, 11) is 0. The van der Waals surface area contributed by atoms with E-state index in [1.165, 1.54) is 19.3 Å². The van der Waals surface area contributed by atoms with E-state index in [0.717, 1.165) is 41.2 Å². The summed E-state index contributed by atoms with van der Waals surface area (Å²) in [5.41, 5.74) is 3.71. The minimum atomic E-state index is -1.10. The van der Waals surface area contributed by atoms with Crippen LogP contribution in [0.5, 0.6) is 0 Å². The first-order valence-electron chi connectivity index (χ1n) is 14.0. The lowest BCUT2D eigenvalue weighted by Crippen LogP contribution is -2.42. The SMILES string of the molecule is CC(C)(C)c1ccc(C(=O)NC(Cc2ccc(-c3noc(-c4ccc(N5CCCCC5)nc4)n3)cc2)C(=O)O)cc1. The van der Waals surface area contributed by atoms with E-state index in [9.17, 15) is 14.7 Å². The molecule has 2 aromatic carbocycles. The van der Waals surface area contributed by atoms with E-state index >= 15 is 0 Å². The second-order valence-corrected chi connectivity index (χ2v) is 11.5. The summed E-state index contributed by atoms with van der Waals surface area (Å²) in [6, 6.07) is 17.3. The van der Waals surface area contributed by atoms with Crippen molar-refractivity contribution in [2.75, 3.05) is 18.0 Å². The van der Waals surface area contributed by atoms with Gasteiger partial charge in [-0.2, -0.15) is 4.98 Å². The van der Waals surface area contributed by atoms with Gasteiger partial charge in [-0.15, -0.1) is 0 Å². The third-order valence-electron chi connectivity index (χ3n) is 7.37. The fourth-order valence-corrected chi connectivity index (χ4v) is 4.87. The molecule has 41 heavy (non-hydrogen) atoms. The Morgan fingerprint density at radius 1 is 0.951 bits per heavy atom. The average molecular weight is 554 g/mol. The number of amides is 1. The zero-order chi connectivity index (χ0) is 29.0. The van der Waals surface area contributed by atoms with Crippen LogP contribution in [-0.4, -0.2) is 51.2 Å². The number of hydrogen-bond donors (Lipinski definition) is 2. The minimum absolute atomic E-state index is 0.0384. The Balaban J connectivity index is 1.22. The molecule has 1 saturated heterocycles. The molecule has 4 aromatic rings. The number of carboxylic acids is 1. The number of nitrogens with zero attached hydrogens (tertiary/aromatic N) is 4. The van der Waals surface area contributed by atoms with Crippen molar-refractivity contribution in [2.45, 2.75) is 57.9 Å². The first-order valence-corrected chi connectivity index (χ1v) is 14.0. The number of benzene rings is 2. The topological polar surface area (TPSA) is 121 Å². The highest BCUT2D eigenvalue weighted by molar-refractivity contribution is 5.96. The van der Waals surface area contributed by atoms with E-state index in [4.69, 9.17) is 4.52 Å². The Morgan fingerprint density at radius 2 is 1.63 bits per heavy atom. The van der Waals surface area contributed by atoms with E-state index in [-0.39, 0.29) is 11.8 Å². The number of carbonyl (C=O) groups is 2. The highest BCUT2D eigenvalue weighted by Crippen LogP contribution is 2.25. The first kappa shape index (κ1) is 28.0. The number of pyridine rings is 1. The van der Waals surface area contributed by atoms with Crippen molar-refractivity contribution < 1.29 is 19.2 Å². The Morgan fingerprint density at radius 3 is 2.24 bits per heavy atom. The maximum absolute atomic E-state index is 12.8. The van der Waals surface area contributed by atoms with Crippen LogP contribution < -0.4 is 10.2 Å². The molecule has 5 rings (SSSR count). The Bertz CT molecular complexity index is 1480. The smallest absolute Gasteiger partial charge is 0.326 e. The summed E-state index contributed by atoms with van der Waals surface area (Å²) >= 11 is 0. The first-order chi connectivity index (χ1) is 19.7. The molecule has 1 aliphatic rings. The lowest BCUT2D eigenvalue weighted by molar-refractivity contribution is -0.139. The molecular formula is C32H35N5O4. The van der Waals surface area contributed by atoms with Crippen LogP contribution in [0.3, 0.4) is 0 Å². The summed E-state index contributed by atoms with van der Waals surface area (Å²) in [6.07, 6.45) is 5.53. The number of carboxylic acid groups (broad SMARTS) is 1. The van der Waals surface area contributed by atoms with Gasteiger partial charge in [0, 0.05) is 36.8 Å². The fourth-order valence-electron chi connectivity index (χ4n) is 4.87. The lowest BCUT2D eigenvalue weighted by Gasteiger charge is -2.27. The average Bonchev–Trinajstić information content (AvgIpc) is 3.48.